The van der Waals surface area contributed by atoms with E-state index in [4.69, 9.17) is 4.74 Å². The van der Waals surface area contributed by atoms with Gasteiger partial charge in [0.15, 0.2) is 0 Å². The Labute approximate surface area is 126 Å². The molecule has 0 spiro atoms. The average Bonchev–Trinajstić information content (AvgIpc) is 2.50. The Balaban J connectivity index is 1.94. The zero-order chi connectivity index (χ0) is 15.1. The fraction of sp³-hybridized carbons (Fsp3) is 0.556. The number of ether oxygens (including phenoxy) is 1. The van der Waals surface area contributed by atoms with Crippen LogP contribution >= 0.6 is 0 Å². The molecule has 0 amide bonds. The Morgan fingerprint density at radius 2 is 2.00 bits per heavy atom. The van der Waals surface area contributed by atoms with Crippen LogP contribution in [0, 0.1) is 11.7 Å². The van der Waals surface area contributed by atoms with E-state index in [1.807, 2.05) is 12.1 Å². The third-order valence-corrected chi connectivity index (χ3v) is 4.47. The Bertz CT molecular complexity index is 462. The van der Waals surface area contributed by atoms with Gasteiger partial charge in [-0.05, 0) is 67.6 Å². The summed E-state index contributed by atoms with van der Waals surface area (Å²) >= 11 is 0. The minimum absolute atomic E-state index is 0.154. The minimum atomic E-state index is -0.154. The molecule has 0 bridgehead atoms. The highest BCUT2D eigenvalue weighted by molar-refractivity contribution is 5.27. The van der Waals surface area contributed by atoms with Gasteiger partial charge in [-0.3, -0.25) is 0 Å². The highest BCUT2D eigenvalue weighted by atomic mass is 19.1. The Kier molecular flexibility index (Phi) is 6.37. The van der Waals surface area contributed by atoms with Crippen LogP contribution in [0.5, 0.6) is 0 Å². The summed E-state index contributed by atoms with van der Waals surface area (Å²) in [6.45, 7) is 0.835. The molecule has 1 aliphatic rings. The standard InChI is InChI=1S/C18H24F2O/c1-21-13-14-5-7-15(8-6-14)17-10-9-16(18(20)12-17)4-2-3-11-19/h3,9-12,14-15H,2,4-8,13H2,1H3/t14-,15-. The smallest absolute Gasteiger partial charge is 0.126 e. The second-order valence-corrected chi connectivity index (χ2v) is 5.92. The van der Waals surface area contributed by atoms with Gasteiger partial charge in [0.1, 0.15) is 5.82 Å². The third kappa shape index (κ3) is 4.63. The van der Waals surface area contributed by atoms with E-state index >= 15 is 0 Å². The summed E-state index contributed by atoms with van der Waals surface area (Å²) in [5, 5.41) is 0. The van der Waals surface area contributed by atoms with E-state index in [2.05, 4.69) is 0 Å². The van der Waals surface area contributed by atoms with E-state index in [9.17, 15) is 8.78 Å². The first kappa shape index (κ1) is 16.2. The van der Waals surface area contributed by atoms with Gasteiger partial charge < -0.3 is 4.74 Å². The molecule has 0 saturated heterocycles. The van der Waals surface area contributed by atoms with Gasteiger partial charge >= 0.3 is 0 Å². The van der Waals surface area contributed by atoms with E-state index in [0.29, 0.717) is 36.6 Å². The first-order valence-electron chi connectivity index (χ1n) is 7.77. The minimum Gasteiger partial charge on any atom is -0.384 e. The zero-order valence-corrected chi connectivity index (χ0v) is 12.7. The van der Waals surface area contributed by atoms with Gasteiger partial charge in [0.05, 0.1) is 6.33 Å². The van der Waals surface area contributed by atoms with Crippen LogP contribution in [-0.2, 0) is 11.2 Å². The molecule has 0 atom stereocenters. The van der Waals surface area contributed by atoms with Crippen molar-refractivity contribution >= 4 is 0 Å². The maximum atomic E-state index is 14.1. The predicted molar refractivity (Wildman–Crippen MR) is 81.5 cm³/mol. The molecule has 0 N–H and O–H groups in total. The van der Waals surface area contributed by atoms with Crippen molar-refractivity contribution in [1.82, 2.24) is 0 Å². The third-order valence-electron chi connectivity index (χ3n) is 4.47. The summed E-state index contributed by atoms with van der Waals surface area (Å²) in [7, 11) is 1.75. The summed E-state index contributed by atoms with van der Waals surface area (Å²) in [5.41, 5.74) is 1.78. The largest absolute Gasteiger partial charge is 0.384 e. The van der Waals surface area contributed by atoms with Crippen molar-refractivity contribution in [2.24, 2.45) is 5.92 Å². The van der Waals surface area contributed by atoms with Gasteiger partial charge in [-0.1, -0.05) is 18.2 Å². The lowest BCUT2D eigenvalue weighted by Gasteiger charge is -2.28. The molecule has 1 aliphatic carbocycles. The van der Waals surface area contributed by atoms with Crippen molar-refractivity contribution in [3.8, 4) is 0 Å². The Morgan fingerprint density at radius 1 is 1.24 bits per heavy atom. The van der Waals surface area contributed by atoms with E-state index < -0.39 is 0 Å². The molecule has 0 heterocycles. The molecule has 0 aromatic heterocycles. The molecule has 1 aromatic rings. The summed E-state index contributed by atoms with van der Waals surface area (Å²) in [4.78, 5) is 0. The Morgan fingerprint density at radius 3 is 2.62 bits per heavy atom. The van der Waals surface area contributed by atoms with Crippen molar-refractivity contribution in [1.29, 1.82) is 0 Å². The van der Waals surface area contributed by atoms with Crippen LogP contribution in [0.25, 0.3) is 0 Å². The molecule has 21 heavy (non-hydrogen) atoms. The predicted octanol–water partition coefficient (Wildman–Crippen LogP) is 5.16. The zero-order valence-electron chi connectivity index (χ0n) is 12.7. The van der Waals surface area contributed by atoms with Crippen molar-refractivity contribution in [2.75, 3.05) is 13.7 Å². The van der Waals surface area contributed by atoms with Crippen LogP contribution in [-0.4, -0.2) is 13.7 Å². The molecular formula is C18H24F2O. The number of benzene rings is 1. The van der Waals surface area contributed by atoms with Gasteiger partial charge in [-0.15, -0.1) is 0 Å². The topological polar surface area (TPSA) is 9.23 Å². The molecule has 1 saturated carbocycles. The number of aryl methyl sites for hydroxylation is 1. The van der Waals surface area contributed by atoms with E-state index in [0.717, 1.165) is 37.9 Å². The van der Waals surface area contributed by atoms with Gasteiger partial charge in [-0.25, -0.2) is 8.78 Å². The van der Waals surface area contributed by atoms with Gasteiger partial charge in [0.25, 0.3) is 0 Å². The second-order valence-electron chi connectivity index (χ2n) is 5.92. The molecule has 1 aromatic carbocycles. The van der Waals surface area contributed by atoms with Crippen molar-refractivity contribution < 1.29 is 13.5 Å². The fourth-order valence-electron chi connectivity index (χ4n) is 3.22. The average molecular weight is 294 g/mol. The number of methoxy groups -OCH3 is 1. The van der Waals surface area contributed by atoms with Crippen LogP contribution in [0.2, 0.25) is 0 Å². The monoisotopic (exact) mass is 294 g/mol. The number of allylic oxidation sites excluding steroid dienone is 1. The lowest BCUT2D eigenvalue weighted by atomic mass is 9.79. The molecule has 1 nitrogen and oxygen atoms in total. The molecule has 3 heteroatoms. The summed E-state index contributed by atoms with van der Waals surface area (Å²) < 4.78 is 31.2. The molecule has 0 aliphatic heterocycles. The van der Waals surface area contributed by atoms with E-state index in [-0.39, 0.29) is 5.82 Å². The SMILES string of the molecule is COC[C@H]1CC[C@H](c2ccc(CCC=CF)c(F)c2)CC1. The highest BCUT2D eigenvalue weighted by Gasteiger charge is 2.22. The van der Waals surface area contributed by atoms with Crippen molar-refractivity contribution in [3.05, 3.63) is 47.5 Å². The maximum Gasteiger partial charge on any atom is 0.126 e. The van der Waals surface area contributed by atoms with E-state index in [1.165, 1.54) is 6.08 Å². The van der Waals surface area contributed by atoms with Gasteiger partial charge in [-0.2, -0.15) is 0 Å². The summed E-state index contributed by atoms with van der Waals surface area (Å²) in [6.07, 6.45) is 7.55. The summed E-state index contributed by atoms with van der Waals surface area (Å²) in [6, 6.07) is 5.58. The molecular weight excluding hydrogens is 270 g/mol. The molecule has 1 fully saturated rings. The number of halogens is 2. The molecule has 2 rings (SSSR count). The fourth-order valence-corrected chi connectivity index (χ4v) is 3.22. The molecule has 116 valence electrons. The van der Waals surface area contributed by atoms with Gasteiger partial charge in [0, 0.05) is 13.7 Å². The quantitative estimate of drug-likeness (QED) is 0.704. The molecule has 0 radical (unpaired) electrons. The van der Waals surface area contributed by atoms with Crippen molar-refractivity contribution in [2.45, 2.75) is 44.4 Å². The van der Waals surface area contributed by atoms with Crippen LogP contribution in [0.3, 0.4) is 0 Å². The van der Waals surface area contributed by atoms with Gasteiger partial charge in [0.2, 0.25) is 0 Å². The first-order chi connectivity index (χ1) is 10.2. The Hall–Kier alpha value is -1.22. The number of rotatable bonds is 6. The lowest BCUT2D eigenvalue weighted by molar-refractivity contribution is 0.127. The first-order valence-corrected chi connectivity index (χ1v) is 7.77. The van der Waals surface area contributed by atoms with Crippen LogP contribution in [0.4, 0.5) is 8.78 Å². The molecule has 0 unspecified atom stereocenters. The normalized spacial score (nSPS) is 22.8. The number of hydrogen-bond acceptors (Lipinski definition) is 1. The number of hydrogen-bond donors (Lipinski definition) is 0. The highest BCUT2D eigenvalue weighted by Crippen LogP contribution is 2.36. The van der Waals surface area contributed by atoms with Crippen molar-refractivity contribution in [3.63, 3.8) is 0 Å². The van der Waals surface area contributed by atoms with Crippen LogP contribution in [0.1, 0.15) is 49.1 Å². The van der Waals surface area contributed by atoms with E-state index in [1.54, 1.807) is 13.2 Å². The van der Waals surface area contributed by atoms with Crippen LogP contribution < -0.4 is 0 Å². The second kappa shape index (κ2) is 8.28. The maximum absolute atomic E-state index is 14.1. The summed E-state index contributed by atoms with van der Waals surface area (Å²) in [5.74, 6) is 0.967. The van der Waals surface area contributed by atoms with Crippen LogP contribution in [0.15, 0.2) is 30.6 Å². The lowest BCUT2D eigenvalue weighted by Crippen LogP contribution is -2.17.